The molecule has 2 aromatic rings. The molecule has 2 heterocycles. The van der Waals surface area contributed by atoms with E-state index >= 15 is 0 Å². The van der Waals surface area contributed by atoms with Gasteiger partial charge in [-0.15, -0.1) is 11.8 Å². The SMILES string of the molecule is COc1ccc(OC)c(NC(=O)[C@@H]2N3C(=O)c4c(ccc(OC)c4OC)[C@@H]3SC2(C)C)c1. The summed E-state index contributed by atoms with van der Waals surface area (Å²) in [5, 5.41) is 2.64. The lowest BCUT2D eigenvalue weighted by Gasteiger charge is -2.29. The van der Waals surface area contributed by atoms with Gasteiger partial charge in [0.1, 0.15) is 22.9 Å². The number of ether oxygens (including phenoxy) is 4. The third-order valence-corrected chi connectivity index (χ3v) is 7.34. The van der Waals surface area contributed by atoms with E-state index in [1.54, 1.807) is 48.0 Å². The summed E-state index contributed by atoms with van der Waals surface area (Å²) in [5.41, 5.74) is 1.74. The molecule has 0 aromatic heterocycles. The molecule has 2 aliphatic rings. The zero-order valence-electron chi connectivity index (χ0n) is 18.8. The van der Waals surface area contributed by atoms with E-state index in [-0.39, 0.29) is 17.2 Å². The lowest BCUT2D eigenvalue weighted by atomic mass is 10.0. The summed E-state index contributed by atoms with van der Waals surface area (Å²) in [4.78, 5) is 28.7. The van der Waals surface area contributed by atoms with E-state index in [1.807, 2.05) is 19.9 Å². The molecule has 2 aromatic carbocycles. The fraction of sp³-hybridized carbons (Fsp3) is 0.391. The number of amides is 2. The second-order valence-electron chi connectivity index (χ2n) is 8.01. The fourth-order valence-electron chi connectivity index (χ4n) is 4.37. The minimum Gasteiger partial charge on any atom is -0.497 e. The zero-order chi connectivity index (χ0) is 23.2. The minimum absolute atomic E-state index is 0.253. The molecule has 1 saturated heterocycles. The summed E-state index contributed by atoms with van der Waals surface area (Å²) in [5.74, 6) is 1.39. The van der Waals surface area contributed by atoms with Gasteiger partial charge in [0.25, 0.3) is 5.91 Å². The molecule has 0 spiro atoms. The Morgan fingerprint density at radius 1 is 1.00 bits per heavy atom. The molecule has 0 aliphatic carbocycles. The van der Waals surface area contributed by atoms with E-state index in [1.165, 1.54) is 21.3 Å². The molecule has 4 rings (SSSR count). The average molecular weight is 459 g/mol. The Hall–Kier alpha value is -3.07. The van der Waals surface area contributed by atoms with Crippen molar-refractivity contribution in [2.45, 2.75) is 30.0 Å². The van der Waals surface area contributed by atoms with Crippen molar-refractivity contribution < 1.29 is 28.5 Å². The maximum absolute atomic E-state index is 13.6. The van der Waals surface area contributed by atoms with Gasteiger partial charge in [0, 0.05) is 16.4 Å². The van der Waals surface area contributed by atoms with Gasteiger partial charge in [0.05, 0.1) is 39.7 Å². The Balaban J connectivity index is 1.72. The number of methoxy groups -OCH3 is 4. The van der Waals surface area contributed by atoms with Crippen LogP contribution < -0.4 is 24.3 Å². The lowest BCUT2D eigenvalue weighted by molar-refractivity contribution is -0.121. The van der Waals surface area contributed by atoms with Gasteiger partial charge in [0.2, 0.25) is 5.91 Å². The van der Waals surface area contributed by atoms with Gasteiger partial charge in [-0.2, -0.15) is 0 Å². The van der Waals surface area contributed by atoms with Crippen LogP contribution in [0.25, 0.3) is 0 Å². The number of benzene rings is 2. The van der Waals surface area contributed by atoms with Crippen molar-refractivity contribution in [1.29, 1.82) is 0 Å². The van der Waals surface area contributed by atoms with Crippen molar-refractivity contribution in [2.24, 2.45) is 0 Å². The first-order valence-corrected chi connectivity index (χ1v) is 10.9. The summed E-state index contributed by atoms with van der Waals surface area (Å²) in [6, 6.07) is 8.10. The normalized spacial score (nSPS) is 20.4. The molecule has 32 heavy (non-hydrogen) atoms. The maximum Gasteiger partial charge on any atom is 0.260 e. The van der Waals surface area contributed by atoms with Crippen LogP contribution in [-0.2, 0) is 4.79 Å². The monoisotopic (exact) mass is 458 g/mol. The van der Waals surface area contributed by atoms with Crippen molar-refractivity contribution >= 4 is 29.3 Å². The molecule has 9 heteroatoms. The number of carbonyl (C=O) groups is 2. The van der Waals surface area contributed by atoms with Crippen LogP contribution in [0.15, 0.2) is 30.3 Å². The van der Waals surface area contributed by atoms with Crippen LogP contribution in [-0.4, -0.2) is 55.9 Å². The van der Waals surface area contributed by atoms with E-state index in [2.05, 4.69) is 5.32 Å². The first kappa shape index (κ1) is 22.1. The predicted octanol–water partition coefficient (Wildman–Crippen LogP) is 3.71. The molecular weight excluding hydrogens is 432 g/mol. The first-order chi connectivity index (χ1) is 15.3. The summed E-state index contributed by atoms with van der Waals surface area (Å²) in [6.07, 6.45) is 0. The number of thioether (sulfide) groups is 1. The van der Waals surface area contributed by atoms with Crippen LogP contribution in [0.3, 0.4) is 0 Å². The summed E-state index contributed by atoms with van der Waals surface area (Å²) < 4.78 is 21.0. The average Bonchev–Trinajstić information content (AvgIpc) is 3.21. The number of anilines is 1. The first-order valence-electron chi connectivity index (χ1n) is 10.1. The number of nitrogens with one attached hydrogen (secondary N) is 1. The van der Waals surface area contributed by atoms with E-state index in [4.69, 9.17) is 18.9 Å². The van der Waals surface area contributed by atoms with E-state index in [0.717, 1.165) is 5.56 Å². The number of nitrogens with zero attached hydrogens (tertiary/aromatic N) is 1. The Morgan fingerprint density at radius 2 is 1.69 bits per heavy atom. The molecule has 1 N–H and O–H groups in total. The van der Waals surface area contributed by atoms with Gasteiger partial charge in [-0.25, -0.2) is 0 Å². The number of hydrogen-bond donors (Lipinski definition) is 1. The number of carbonyl (C=O) groups excluding carboxylic acids is 2. The van der Waals surface area contributed by atoms with Crippen LogP contribution in [0.4, 0.5) is 5.69 Å². The van der Waals surface area contributed by atoms with Crippen LogP contribution in [0.5, 0.6) is 23.0 Å². The molecule has 1 fully saturated rings. The summed E-state index contributed by atoms with van der Waals surface area (Å²) in [6.45, 7) is 3.94. The molecule has 170 valence electrons. The second-order valence-corrected chi connectivity index (χ2v) is 9.74. The largest absolute Gasteiger partial charge is 0.497 e. The van der Waals surface area contributed by atoms with E-state index < -0.39 is 10.8 Å². The second kappa shape index (κ2) is 8.12. The van der Waals surface area contributed by atoms with E-state index in [0.29, 0.717) is 34.2 Å². The summed E-state index contributed by atoms with van der Waals surface area (Å²) >= 11 is 1.57. The molecule has 0 saturated carbocycles. The van der Waals surface area contributed by atoms with Crippen molar-refractivity contribution in [3.05, 3.63) is 41.5 Å². The molecule has 2 atom stereocenters. The number of rotatable bonds is 6. The van der Waals surface area contributed by atoms with Crippen LogP contribution >= 0.6 is 11.8 Å². The highest BCUT2D eigenvalue weighted by Crippen LogP contribution is 2.58. The van der Waals surface area contributed by atoms with Crippen molar-refractivity contribution in [3.8, 4) is 23.0 Å². The highest BCUT2D eigenvalue weighted by Gasteiger charge is 2.58. The quantitative estimate of drug-likeness (QED) is 0.706. The minimum atomic E-state index is -0.719. The van der Waals surface area contributed by atoms with Gasteiger partial charge in [0.15, 0.2) is 11.5 Å². The third kappa shape index (κ3) is 3.31. The number of fused-ring (bicyclic) bond motifs is 3. The third-order valence-electron chi connectivity index (χ3n) is 5.81. The Bertz CT molecular complexity index is 1090. The van der Waals surface area contributed by atoms with Gasteiger partial charge in [-0.05, 0) is 32.0 Å². The van der Waals surface area contributed by atoms with Crippen LogP contribution in [0.1, 0.15) is 35.1 Å². The van der Waals surface area contributed by atoms with Crippen LogP contribution in [0, 0.1) is 0 Å². The highest BCUT2D eigenvalue weighted by atomic mass is 32.2. The van der Waals surface area contributed by atoms with Crippen molar-refractivity contribution in [2.75, 3.05) is 33.8 Å². The highest BCUT2D eigenvalue weighted by molar-refractivity contribution is 8.01. The van der Waals surface area contributed by atoms with Crippen molar-refractivity contribution in [3.63, 3.8) is 0 Å². The van der Waals surface area contributed by atoms with Crippen molar-refractivity contribution in [1.82, 2.24) is 4.90 Å². The molecule has 2 aliphatic heterocycles. The Kier molecular flexibility index (Phi) is 5.62. The standard InChI is InChI=1S/C23H26N2O6S/c1-23(2)19(20(26)24-14-11-12(28-3)7-9-15(14)29-4)25-21(27)17-13(22(25)32-23)8-10-16(30-5)18(17)31-6/h7-11,19,22H,1-6H3,(H,24,26)/t19-,22-/m0/s1. The number of hydrogen-bond acceptors (Lipinski definition) is 7. The smallest absolute Gasteiger partial charge is 0.260 e. The zero-order valence-corrected chi connectivity index (χ0v) is 19.7. The van der Waals surface area contributed by atoms with Gasteiger partial charge < -0.3 is 29.2 Å². The van der Waals surface area contributed by atoms with Gasteiger partial charge in [-0.1, -0.05) is 6.07 Å². The van der Waals surface area contributed by atoms with Crippen LogP contribution in [0.2, 0.25) is 0 Å². The van der Waals surface area contributed by atoms with Gasteiger partial charge in [-0.3, -0.25) is 9.59 Å². The molecule has 0 radical (unpaired) electrons. The van der Waals surface area contributed by atoms with E-state index in [9.17, 15) is 9.59 Å². The molecule has 8 nitrogen and oxygen atoms in total. The Labute approximate surface area is 191 Å². The summed E-state index contributed by atoms with van der Waals surface area (Å²) in [7, 11) is 6.12. The fourth-order valence-corrected chi connectivity index (χ4v) is 5.95. The maximum atomic E-state index is 13.6. The predicted molar refractivity (Wildman–Crippen MR) is 122 cm³/mol. The van der Waals surface area contributed by atoms with Gasteiger partial charge >= 0.3 is 0 Å². The molecule has 2 amide bonds. The molecule has 0 unspecified atom stereocenters. The molecule has 0 bridgehead atoms. The molecular formula is C23H26N2O6S. The lowest BCUT2D eigenvalue weighted by Crippen LogP contribution is -2.50. The Morgan fingerprint density at radius 3 is 2.31 bits per heavy atom. The topological polar surface area (TPSA) is 86.3 Å².